The minimum absolute atomic E-state index is 0.0150. The molecular weight excluding hydrogens is 480 g/mol. The fourth-order valence-electron chi connectivity index (χ4n) is 2.84. The van der Waals surface area contributed by atoms with E-state index in [0.717, 1.165) is 0 Å². The Bertz CT molecular complexity index is 1280. The minimum Gasteiger partial charge on any atom is -0.490 e. The molecule has 0 spiro atoms. The van der Waals surface area contributed by atoms with Crippen molar-refractivity contribution in [3.8, 4) is 17.2 Å². The first kappa shape index (κ1) is 25.1. The lowest BCUT2D eigenvalue weighted by Crippen LogP contribution is -2.17. The van der Waals surface area contributed by atoms with Crippen LogP contribution in [0, 0.1) is 0 Å². The Morgan fingerprint density at radius 3 is 2.29 bits per heavy atom. The number of benzene rings is 3. The topological polar surface area (TPSA) is 103 Å². The van der Waals surface area contributed by atoms with Gasteiger partial charge >= 0.3 is 10.1 Å². The Labute approximate surface area is 203 Å². The lowest BCUT2D eigenvalue weighted by Gasteiger charge is -2.11. The lowest BCUT2D eigenvalue weighted by molar-refractivity contribution is 0.0954. The van der Waals surface area contributed by atoms with Crippen LogP contribution in [0.4, 0.5) is 0 Å². The van der Waals surface area contributed by atoms with E-state index in [4.69, 9.17) is 25.3 Å². The second kappa shape index (κ2) is 11.5. The van der Waals surface area contributed by atoms with Crippen LogP contribution in [0.5, 0.6) is 17.2 Å². The lowest BCUT2D eigenvalue weighted by atomic mass is 10.2. The van der Waals surface area contributed by atoms with Crippen molar-refractivity contribution in [3.05, 3.63) is 82.9 Å². The zero-order valence-corrected chi connectivity index (χ0v) is 20.1. The Morgan fingerprint density at radius 1 is 0.941 bits per heavy atom. The number of hydrogen-bond donors (Lipinski definition) is 1. The van der Waals surface area contributed by atoms with Gasteiger partial charge in [-0.15, -0.1) is 0 Å². The van der Waals surface area contributed by atoms with Gasteiger partial charge in [-0.2, -0.15) is 13.5 Å². The summed E-state index contributed by atoms with van der Waals surface area (Å²) < 4.78 is 40.9. The van der Waals surface area contributed by atoms with Gasteiger partial charge in [-0.1, -0.05) is 29.8 Å². The third-order valence-corrected chi connectivity index (χ3v) is 5.92. The van der Waals surface area contributed by atoms with Crippen LogP contribution in [0.1, 0.15) is 29.8 Å². The highest BCUT2D eigenvalue weighted by atomic mass is 35.5. The third kappa shape index (κ3) is 6.49. The van der Waals surface area contributed by atoms with Crippen molar-refractivity contribution < 1.29 is 26.9 Å². The molecule has 1 N–H and O–H groups in total. The van der Waals surface area contributed by atoms with E-state index in [1.165, 1.54) is 30.5 Å². The number of carbonyl (C=O) groups excluding carboxylic acids is 1. The van der Waals surface area contributed by atoms with Gasteiger partial charge in [0.1, 0.15) is 4.90 Å². The molecule has 178 valence electrons. The Hall–Kier alpha value is -3.56. The standard InChI is InChI=1S/C24H23ClN2O6S/c1-3-31-22-13-11-18(15-23(22)32-4-2)24(28)27-26-16-17-10-12-21(20(25)14-17)33-34(29,30)19-8-6-5-7-9-19/h5-16H,3-4H2,1-2H3,(H,27,28)/b26-16+. The predicted octanol–water partition coefficient (Wildman–Crippen LogP) is 4.67. The molecule has 0 radical (unpaired) electrons. The Balaban J connectivity index is 1.67. The number of ether oxygens (including phenoxy) is 2. The number of hydrazone groups is 1. The van der Waals surface area contributed by atoms with E-state index < -0.39 is 16.0 Å². The summed E-state index contributed by atoms with van der Waals surface area (Å²) in [5.41, 5.74) is 3.29. The SMILES string of the molecule is CCOc1ccc(C(=O)N/N=C/c2ccc(OS(=O)(=O)c3ccccc3)c(Cl)c2)cc1OCC. The zero-order valence-electron chi connectivity index (χ0n) is 18.5. The molecule has 0 atom stereocenters. The van der Waals surface area contributed by atoms with Gasteiger partial charge in [-0.25, -0.2) is 5.43 Å². The third-order valence-electron chi connectivity index (χ3n) is 4.37. The molecule has 0 saturated heterocycles. The highest BCUT2D eigenvalue weighted by Gasteiger charge is 2.18. The average Bonchev–Trinajstić information content (AvgIpc) is 2.82. The smallest absolute Gasteiger partial charge is 0.339 e. The summed E-state index contributed by atoms with van der Waals surface area (Å²) >= 11 is 6.18. The van der Waals surface area contributed by atoms with Crippen LogP contribution in [0.3, 0.4) is 0 Å². The van der Waals surface area contributed by atoms with E-state index in [2.05, 4.69) is 10.5 Å². The van der Waals surface area contributed by atoms with Crippen LogP contribution >= 0.6 is 11.6 Å². The molecule has 0 aliphatic carbocycles. The molecule has 8 nitrogen and oxygen atoms in total. The van der Waals surface area contributed by atoms with Gasteiger partial charge in [0.05, 0.1) is 24.5 Å². The Morgan fingerprint density at radius 2 is 1.62 bits per heavy atom. The van der Waals surface area contributed by atoms with Crippen LogP contribution < -0.4 is 19.1 Å². The predicted molar refractivity (Wildman–Crippen MR) is 130 cm³/mol. The Kier molecular flexibility index (Phi) is 8.50. The largest absolute Gasteiger partial charge is 0.490 e. The summed E-state index contributed by atoms with van der Waals surface area (Å²) in [5, 5.41) is 4.00. The molecule has 0 aliphatic rings. The van der Waals surface area contributed by atoms with Gasteiger partial charge in [0.15, 0.2) is 17.2 Å². The number of nitrogens with one attached hydrogen (secondary N) is 1. The summed E-state index contributed by atoms with van der Waals surface area (Å²) in [6.45, 7) is 4.60. The molecule has 0 fully saturated rings. The summed E-state index contributed by atoms with van der Waals surface area (Å²) in [7, 11) is -4.02. The molecule has 3 aromatic rings. The quantitative estimate of drug-likeness (QED) is 0.245. The molecule has 10 heteroatoms. The molecular formula is C24H23ClN2O6S. The van der Waals surface area contributed by atoms with Crippen LogP contribution in [-0.4, -0.2) is 33.8 Å². The normalized spacial score (nSPS) is 11.3. The van der Waals surface area contributed by atoms with E-state index in [1.807, 2.05) is 13.8 Å². The number of halogens is 1. The molecule has 0 saturated carbocycles. The van der Waals surface area contributed by atoms with Crippen molar-refractivity contribution >= 4 is 33.8 Å². The van der Waals surface area contributed by atoms with Crippen molar-refractivity contribution in [2.24, 2.45) is 5.10 Å². The fraction of sp³-hybridized carbons (Fsp3) is 0.167. The van der Waals surface area contributed by atoms with Crippen LogP contribution in [0.25, 0.3) is 0 Å². The highest BCUT2D eigenvalue weighted by Crippen LogP contribution is 2.29. The van der Waals surface area contributed by atoms with E-state index in [0.29, 0.717) is 35.8 Å². The molecule has 34 heavy (non-hydrogen) atoms. The van der Waals surface area contributed by atoms with E-state index >= 15 is 0 Å². The maximum atomic E-state index is 12.4. The number of amides is 1. The van der Waals surface area contributed by atoms with Gasteiger partial charge < -0.3 is 13.7 Å². The van der Waals surface area contributed by atoms with E-state index in [-0.39, 0.29) is 15.7 Å². The molecule has 0 aliphatic heterocycles. The number of rotatable bonds is 10. The van der Waals surface area contributed by atoms with Gasteiger partial charge in [0, 0.05) is 5.56 Å². The average molecular weight is 503 g/mol. The second-order valence-corrected chi connectivity index (χ2v) is 8.72. The van der Waals surface area contributed by atoms with Gasteiger partial charge in [0.25, 0.3) is 5.91 Å². The summed E-state index contributed by atoms with van der Waals surface area (Å²) in [5.74, 6) is 0.550. The van der Waals surface area contributed by atoms with Crippen molar-refractivity contribution in [2.45, 2.75) is 18.7 Å². The van der Waals surface area contributed by atoms with Crippen LogP contribution in [0.2, 0.25) is 5.02 Å². The number of hydrogen-bond acceptors (Lipinski definition) is 7. The minimum atomic E-state index is -4.02. The first-order valence-electron chi connectivity index (χ1n) is 10.4. The van der Waals surface area contributed by atoms with Crippen LogP contribution in [-0.2, 0) is 10.1 Å². The van der Waals surface area contributed by atoms with E-state index in [1.54, 1.807) is 42.5 Å². The number of nitrogens with zero attached hydrogens (tertiary/aromatic N) is 1. The first-order valence-corrected chi connectivity index (χ1v) is 12.1. The van der Waals surface area contributed by atoms with Gasteiger partial charge in [-0.3, -0.25) is 4.79 Å². The van der Waals surface area contributed by atoms with Crippen molar-refractivity contribution in [1.82, 2.24) is 5.43 Å². The van der Waals surface area contributed by atoms with Crippen molar-refractivity contribution in [2.75, 3.05) is 13.2 Å². The molecule has 3 aromatic carbocycles. The van der Waals surface area contributed by atoms with Gasteiger partial charge in [-0.05, 0) is 67.9 Å². The van der Waals surface area contributed by atoms with Crippen molar-refractivity contribution in [3.63, 3.8) is 0 Å². The molecule has 0 unspecified atom stereocenters. The molecule has 0 aromatic heterocycles. The highest BCUT2D eigenvalue weighted by molar-refractivity contribution is 7.87. The monoisotopic (exact) mass is 502 g/mol. The van der Waals surface area contributed by atoms with E-state index in [9.17, 15) is 13.2 Å². The fourth-order valence-corrected chi connectivity index (χ4v) is 4.08. The summed E-state index contributed by atoms with van der Waals surface area (Å²) in [4.78, 5) is 12.5. The van der Waals surface area contributed by atoms with Crippen LogP contribution in [0.15, 0.2) is 76.7 Å². The van der Waals surface area contributed by atoms with Gasteiger partial charge in [0.2, 0.25) is 0 Å². The molecule has 0 heterocycles. The first-order chi connectivity index (χ1) is 16.3. The maximum Gasteiger partial charge on any atom is 0.339 e. The number of carbonyl (C=O) groups is 1. The summed E-state index contributed by atoms with van der Waals surface area (Å²) in [6.07, 6.45) is 1.37. The second-order valence-electron chi connectivity index (χ2n) is 6.77. The maximum absolute atomic E-state index is 12.4. The molecule has 1 amide bonds. The molecule has 0 bridgehead atoms. The molecule has 3 rings (SSSR count). The zero-order chi connectivity index (χ0) is 24.6. The van der Waals surface area contributed by atoms with Crippen molar-refractivity contribution in [1.29, 1.82) is 0 Å². The summed E-state index contributed by atoms with van der Waals surface area (Å²) in [6, 6.07) is 17.0.